The molecule has 168 valence electrons. The minimum atomic E-state index is -0.577. The molecule has 0 radical (unpaired) electrons. The summed E-state index contributed by atoms with van der Waals surface area (Å²) in [5.41, 5.74) is 7.43. The van der Waals surface area contributed by atoms with Gasteiger partial charge >= 0.3 is 0 Å². The molecule has 3 aromatic heterocycles. The Morgan fingerprint density at radius 1 is 1.09 bits per heavy atom. The predicted octanol–water partition coefficient (Wildman–Crippen LogP) is 2.05. The van der Waals surface area contributed by atoms with E-state index in [1.165, 1.54) is 13.2 Å². The number of pyridine rings is 1. The highest BCUT2D eigenvalue weighted by atomic mass is 19.1. The van der Waals surface area contributed by atoms with Crippen LogP contribution in [0.4, 0.5) is 10.2 Å². The first-order valence-electron chi connectivity index (χ1n) is 10.4. The second kappa shape index (κ2) is 8.57. The maximum Gasteiger partial charge on any atom is 0.166 e. The van der Waals surface area contributed by atoms with Crippen LogP contribution in [0, 0.1) is 5.82 Å². The second-order valence-corrected chi connectivity index (χ2v) is 7.75. The molecule has 9 nitrogen and oxygen atoms in total. The predicted molar refractivity (Wildman–Crippen MR) is 121 cm³/mol. The first-order chi connectivity index (χ1) is 16.0. The van der Waals surface area contributed by atoms with Gasteiger partial charge in [0.2, 0.25) is 0 Å². The first kappa shape index (κ1) is 21.0. The summed E-state index contributed by atoms with van der Waals surface area (Å²) < 4.78 is 21.4. The zero-order valence-electron chi connectivity index (χ0n) is 17.8. The number of rotatable bonds is 5. The van der Waals surface area contributed by atoms with Gasteiger partial charge in [-0.05, 0) is 30.3 Å². The van der Waals surface area contributed by atoms with Crippen LogP contribution in [0.3, 0.4) is 0 Å². The van der Waals surface area contributed by atoms with E-state index in [2.05, 4.69) is 20.1 Å². The van der Waals surface area contributed by atoms with Crippen LogP contribution in [0.15, 0.2) is 61.1 Å². The van der Waals surface area contributed by atoms with E-state index in [1.807, 2.05) is 23.1 Å². The van der Waals surface area contributed by atoms with Crippen LogP contribution in [-0.4, -0.2) is 62.2 Å². The van der Waals surface area contributed by atoms with Crippen LogP contribution >= 0.6 is 0 Å². The molecule has 4 heterocycles. The third-order valence-corrected chi connectivity index (χ3v) is 5.56. The summed E-state index contributed by atoms with van der Waals surface area (Å²) in [5.74, 6) is 1.44. The Hall–Kier alpha value is -3.89. The Morgan fingerprint density at radius 2 is 1.91 bits per heavy atom. The standard InChI is InChI=1S/C23H22FN7O2/c1-33-19-5-2-4-15(24)22(19)23-26-9-8-17(28-23)14-10-27-31(11-14)21-7-3-6-20(29-21)30-12-16(25)18(32)13-30/h2-11,16,18,32H,12-13,25H2,1H3/t16-,18-/m0/s1. The number of aliphatic hydroxyl groups is 1. The fraction of sp³-hybridized carbons (Fsp3) is 0.217. The summed E-state index contributed by atoms with van der Waals surface area (Å²) in [6.45, 7) is 0.969. The van der Waals surface area contributed by atoms with Gasteiger partial charge in [0.25, 0.3) is 0 Å². The maximum atomic E-state index is 14.5. The monoisotopic (exact) mass is 447 g/mol. The molecular formula is C23H22FN7O2. The van der Waals surface area contributed by atoms with Crippen LogP contribution in [0.25, 0.3) is 28.5 Å². The number of halogens is 1. The van der Waals surface area contributed by atoms with Gasteiger partial charge in [0, 0.05) is 37.1 Å². The number of benzene rings is 1. The van der Waals surface area contributed by atoms with E-state index in [0.29, 0.717) is 36.2 Å². The molecular weight excluding hydrogens is 425 g/mol. The Bertz CT molecular complexity index is 1290. The van der Waals surface area contributed by atoms with Gasteiger partial charge in [-0.15, -0.1) is 0 Å². The van der Waals surface area contributed by atoms with Crippen LogP contribution in [0.2, 0.25) is 0 Å². The molecule has 0 bridgehead atoms. The minimum Gasteiger partial charge on any atom is -0.496 e. The molecule has 0 saturated carbocycles. The van der Waals surface area contributed by atoms with E-state index < -0.39 is 11.9 Å². The highest BCUT2D eigenvalue weighted by Gasteiger charge is 2.29. The van der Waals surface area contributed by atoms with Gasteiger partial charge in [-0.1, -0.05) is 12.1 Å². The molecule has 0 amide bonds. The molecule has 1 aliphatic heterocycles. The summed E-state index contributed by atoms with van der Waals surface area (Å²) in [4.78, 5) is 15.4. The Balaban J connectivity index is 1.45. The summed E-state index contributed by atoms with van der Waals surface area (Å²) >= 11 is 0. The zero-order chi connectivity index (χ0) is 22.9. The lowest BCUT2D eigenvalue weighted by molar-refractivity contribution is 0.180. The van der Waals surface area contributed by atoms with Crippen LogP contribution in [-0.2, 0) is 0 Å². The van der Waals surface area contributed by atoms with Crippen LogP contribution in [0.5, 0.6) is 5.75 Å². The number of nitrogens with zero attached hydrogens (tertiary/aromatic N) is 6. The second-order valence-electron chi connectivity index (χ2n) is 7.75. The number of nitrogens with two attached hydrogens (primary N) is 1. The summed E-state index contributed by atoms with van der Waals surface area (Å²) in [5, 5.41) is 14.4. The molecule has 10 heteroatoms. The normalized spacial score (nSPS) is 18.0. The fourth-order valence-electron chi connectivity index (χ4n) is 3.83. The van der Waals surface area contributed by atoms with Crippen molar-refractivity contribution in [1.82, 2.24) is 24.7 Å². The van der Waals surface area contributed by atoms with Gasteiger partial charge in [0.05, 0.1) is 30.7 Å². The first-order valence-corrected chi connectivity index (χ1v) is 10.4. The van der Waals surface area contributed by atoms with Crippen molar-refractivity contribution in [3.8, 4) is 34.2 Å². The number of hydrogen-bond acceptors (Lipinski definition) is 8. The lowest BCUT2D eigenvalue weighted by atomic mass is 10.1. The van der Waals surface area contributed by atoms with Crippen LogP contribution in [0.1, 0.15) is 0 Å². The number of aromatic nitrogens is 5. The van der Waals surface area contributed by atoms with Crippen molar-refractivity contribution in [2.24, 2.45) is 5.73 Å². The van der Waals surface area contributed by atoms with E-state index in [1.54, 1.807) is 41.5 Å². The van der Waals surface area contributed by atoms with Crippen LogP contribution < -0.4 is 15.4 Å². The molecule has 4 aromatic rings. The van der Waals surface area contributed by atoms with E-state index in [-0.39, 0.29) is 17.4 Å². The molecule has 2 atom stereocenters. The van der Waals surface area contributed by atoms with Crippen molar-refractivity contribution in [2.75, 3.05) is 25.1 Å². The molecule has 33 heavy (non-hydrogen) atoms. The zero-order valence-corrected chi connectivity index (χ0v) is 17.8. The molecule has 1 aromatic carbocycles. The largest absolute Gasteiger partial charge is 0.496 e. The molecule has 0 spiro atoms. The van der Waals surface area contributed by atoms with E-state index in [9.17, 15) is 9.50 Å². The molecule has 0 unspecified atom stereocenters. The highest BCUT2D eigenvalue weighted by molar-refractivity contribution is 5.68. The summed E-state index contributed by atoms with van der Waals surface area (Å²) in [7, 11) is 1.48. The molecule has 0 aliphatic carbocycles. The van der Waals surface area contributed by atoms with Gasteiger partial charge in [-0.25, -0.2) is 24.0 Å². The SMILES string of the molecule is COc1cccc(F)c1-c1nccc(-c2cnn(-c3cccc(N4C[C@H](N)[C@@H](O)C4)n3)c2)n1. The number of methoxy groups -OCH3 is 1. The third kappa shape index (κ3) is 4.01. The van der Waals surface area contributed by atoms with Gasteiger partial charge in [-0.2, -0.15) is 5.10 Å². The Morgan fingerprint density at radius 3 is 2.70 bits per heavy atom. The number of ether oxygens (including phenoxy) is 1. The molecule has 5 rings (SSSR count). The van der Waals surface area contributed by atoms with Gasteiger partial charge < -0.3 is 20.5 Å². The molecule has 1 fully saturated rings. The number of aliphatic hydroxyl groups excluding tert-OH is 1. The topological polar surface area (TPSA) is 115 Å². The van der Waals surface area contributed by atoms with Crippen molar-refractivity contribution in [3.05, 3.63) is 66.9 Å². The lowest BCUT2D eigenvalue weighted by Gasteiger charge is -2.17. The van der Waals surface area contributed by atoms with Gasteiger partial charge in [-0.3, -0.25) is 0 Å². The minimum absolute atomic E-state index is 0.203. The van der Waals surface area contributed by atoms with E-state index in [0.717, 1.165) is 5.56 Å². The number of anilines is 1. The van der Waals surface area contributed by atoms with Gasteiger partial charge in [0.1, 0.15) is 17.4 Å². The van der Waals surface area contributed by atoms with Crippen molar-refractivity contribution in [1.29, 1.82) is 0 Å². The Labute approximate surface area is 189 Å². The van der Waals surface area contributed by atoms with E-state index >= 15 is 0 Å². The number of hydrogen-bond donors (Lipinski definition) is 2. The third-order valence-electron chi connectivity index (χ3n) is 5.56. The fourth-order valence-corrected chi connectivity index (χ4v) is 3.83. The summed E-state index contributed by atoms with van der Waals surface area (Å²) in [6.07, 6.45) is 4.45. The quantitative estimate of drug-likeness (QED) is 0.478. The van der Waals surface area contributed by atoms with Crippen molar-refractivity contribution in [3.63, 3.8) is 0 Å². The van der Waals surface area contributed by atoms with Gasteiger partial charge in [0.15, 0.2) is 11.6 Å². The number of β-amino-alcohol motifs (C(OH)–C–C–N with tert-alkyl or cyclic N) is 1. The molecule has 3 N–H and O–H groups in total. The maximum absolute atomic E-state index is 14.5. The lowest BCUT2D eigenvalue weighted by Crippen LogP contribution is -2.32. The smallest absolute Gasteiger partial charge is 0.166 e. The van der Waals surface area contributed by atoms with Crippen molar-refractivity contribution in [2.45, 2.75) is 12.1 Å². The highest BCUT2D eigenvalue weighted by Crippen LogP contribution is 2.31. The average Bonchev–Trinajstić information content (AvgIpc) is 3.46. The Kier molecular flexibility index (Phi) is 5.45. The van der Waals surface area contributed by atoms with E-state index in [4.69, 9.17) is 10.5 Å². The molecule has 1 saturated heterocycles. The van der Waals surface area contributed by atoms with Crippen molar-refractivity contribution >= 4 is 5.82 Å². The van der Waals surface area contributed by atoms with Crippen molar-refractivity contribution < 1.29 is 14.2 Å². The average molecular weight is 447 g/mol. The summed E-state index contributed by atoms with van der Waals surface area (Å²) in [6, 6.07) is 11.6. The molecule has 1 aliphatic rings.